The summed E-state index contributed by atoms with van der Waals surface area (Å²) < 4.78 is 61.6. The molecule has 0 spiro atoms. The predicted octanol–water partition coefficient (Wildman–Crippen LogP) is 9.60. The van der Waals surface area contributed by atoms with Crippen LogP contribution in [0, 0.1) is 17.5 Å². The number of unbranched alkanes of at least 4 members (excludes halogenated alkanes) is 6. The Morgan fingerprint density at radius 1 is 0.775 bits per heavy atom. The number of hydrogen-bond acceptors (Lipinski definition) is 3. The highest BCUT2D eigenvalue weighted by molar-refractivity contribution is 5.71. The van der Waals surface area contributed by atoms with Gasteiger partial charge in [0.2, 0.25) is 5.82 Å². The van der Waals surface area contributed by atoms with Gasteiger partial charge in [-0.2, -0.15) is 4.39 Å². The van der Waals surface area contributed by atoms with Gasteiger partial charge >= 0.3 is 0 Å². The van der Waals surface area contributed by atoms with E-state index in [0.29, 0.717) is 36.5 Å². The molecule has 214 valence electrons. The fourth-order valence-electron chi connectivity index (χ4n) is 4.94. The van der Waals surface area contributed by atoms with E-state index in [1.54, 1.807) is 30.3 Å². The number of hydrogen-bond donors (Lipinski definition) is 0. The van der Waals surface area contributed by atoms with Crippen LogP contribution in [0.3, 0.4) is 0 Å². The van der Waals surface area contributed by atoms with Crippen molar-refractivity contribution in [2.24, 2.45) is 0 Å². The third-order valence-corrected chi connectivity index (χ3v) is 7.30. The standard InChI is InChI=1S/C34H39F3O3/c1-3-5-6-7-8-9-10-20-38-31-19-18-29(33(36)34(31)37)25-14-12-24(13-15-25)28-17-16-26(21-30(28)35)27-22-39-32(11-4-2)40-23-27/h4,11-19,21,27,32H,3,5-10,20,22-23H2,1-2H3. The summed E-state index contributed by atoms with van der Waals surface area (Å²) in [6.07, 6.45) is 11.2. The van der Waals surface area contributed by atoms with Crippen LogP contribution in [0.25, 0.3) is 22.3 Å². The van der Waals surface area contributed by atoms with Crippen molar-refractivity contribution in [2.45, 2.75) is 71.0 Å². The van der Waals surface area contributed by atoms with Crippen molar-refractivity contribution in [2.75, 3.05) is 19.8 Å². The third-order valence-electron chi connectivity index (χ3n) is 7.30. The fraction of sp³-hybridized carbons (Fsp3) is 0.412. The molecular weight excluding hydrogens is 513 g/mol. The predicted molar refractivity (Wildman–Crippen MR) is 154 cm³/mol. The first-order valence-corrected chi connectivity index (χ1v) is 14.4. The van der Waals surface area contributed by atoms with E-state index in [1.807, 2.05) is 25.1 Å². The molecule has 0 aromatic heterocycles. The second kappa shape index (κ2) is 15.1. The lowest BCUT2D eigenvalue weighted by Crippen LogP contribution is -2.29. The van der Waals surface area contributed by atoms with Gasteiger partial charge in [0.1, 0.15) is 5.82 Å². The second-order valence-corrected chi connectivity index (χ2v) is 10.3. The summed E-state index contributed by atoms with van der Waals surface area (Å²) in [4.78, 5) is 0. The summed E-state index contributed by atoms with van der Waals surface area (Å²) >= 11 is 0. The highest BCUT2D eigenvalue weighted by atomic mass is 19.2. The van der Waals surface area contributed by atoms with Gasteiger partial charge < -0.3 is 14.2 Å². The number of rotatable bonds is 13. The molecule has 0 N–H and O–H groups in total. The molecule has 40 heavy (non-hydrogen) atoms. The Morgan fingerprint density at radius 3 is 2.05 bits per heavy atom. The maximum Gasteiger partial charge on any atom is 0.201 e. The first kappa shape index (κ1) is 29.9. The molecule has 1 heterocycles. The van der Waals surface area contributed by atoms with Crippen molar-refractivity contribution >= 4 is 0 Å². The number of allylic oxidation sites excluding steroid dienone is 1. The van der Waals surface area contributed by atoms with Gasteiger partial charge in [0, 0.05) is 17.0 Å². The van der Waals surface area contributed by atoms with E-state index in [2.05, 4.69) is 6.92 Å². The molecule has 0 bridgehead atoms. The van der Waals surface area contributed by atoms with Gasteiger partial charge in [0.25, 0.3) is 0 Å². The summed E-state index contributed by atoms with van der Waals surface area (Å²) in [5.74, 6) is -2.42. The molecule has 0 saturated carbocycles. The van der Waals surface area contributed by atoms with Crippen LogP contribution in [0.4, 0.5) is 13.2 Å². The molecule has 0 amide bonds. The highest BCUT2D eigenvalue weighted by Gasteiger charge is 2.23. The first-order valence-electron chi connectivity index (χ1n) is 14.4. The Balaban J connectivity index is 1.36. The second-order valence-electron chi connectivity index (χ2n) is 10.3. The molecule has 1 aliphatic rings. The lowest BCUT2D eigenvalue weighted by molar-refractivity contribution is -0.159. The van der Waals surface area contributed by atoms with E-state index in [4.69, 9.17) is 14.2 Å². The van der Waals surface area contributed by atoms with Gasteiger partial charge in [-0.1, -0.05) is 87.9 Å². The lowest BCUT2D eigenvalue weighted by Gasteiger charge is -2.28. The maximum absolute atomic E-state index is 15.1. The van der Waals surface area contributed by atoms with Crippen LogP contribution >= 0.6 is 0 Å². The molecule has 3 nitrogen and oxygen atoms in total. The van der Waals surface area contributed by atoms with Crippen molar-refractivity contribution in [3.05, 3.63) is 89.8 Å². The fourth-order valence-corrected chi connectivity index (χ4v) is 4.94. The minimum atomic E-state index is -0.987. The van der Waals surface area contributed by atoms with Crippen LogP contribution in [-0.2, 0) is 9.47 Å². The summed E-state index contributed by atoms with van der Waals surface area (Å²) in [6, 6.07) is 14.9. The van der Waals surface area contributed by atoms with Crippen molar-refractivity contribution in [1.29, 1.82) is 0 Å². The average Bonchev–Trinajstić information content (AvgIpc) is 2.97. The minimum absolute atomic E-state index is 0.0483. The van der Waals surface area contributed by atoms with E-state index < -0.39 is 11.6 Å². The molecule has 0 atom stereocenters. The molecule has 3 aromatic carbocycles. The highest BCUT2D eigenvalue weighted by Crippen LogP contribution is 2.33. The maximum atomic E-state index is 15.1. The zero-order valence-corrected chi connectivity index (χ0v) is 23.4. The zero-order chi connectivity index (χ0) is 28.3. The number of ether oxygens (including phenoxy) is 3. The number of halogens is 3. The Hall–Kier alpha value is -3.09. The van der Waals surface area contributed by atoms with Crippen molar-refractivity contribution in [3.8, 4) is 28.0 Å². The average molecular weight is 553 g/mol. The quantitative estimate of drug-likeness (QED) is 0.156. The summed E-state index contributed by atoms with van der Waals surface area (Å²) in [6.45, 7) is 5.35. The van der Waals surface area contributed by atoms with Gasteiger partial charge in [-0.15, -0.1) is 0 Å². The Kier molecular flexibility index (Phi) is 11.2. The van der Waals surface area contributed by atoms with Gasteiger partial charge in [-0.3, -0.25) is 0 Å². The third kappa shape index (κ3) is 7.76. The van der Waals surface area contributed by atoms with E-state index in [-0.39, 0.29) is 29.3 Å². The smallest absolute Gasteiger partial charge is 0.201 e. The van der Waals surface area contributed by atoms with Crippen LogP contribution in [0.15, 0.2) is 66.7 Å². The van der Waals surface area contributed by atoms with Gasteiger partial charge in [-0.25, -0.2) is 8.78 Å². The van der Waals surface area contributed by atoms with Crippen LogP contribution in [-0.4, -0.2) is 26.1 Å². The molecule has 1 fully saturated rings. The summed E-state index contributed by atoms with van der Waals surface area (Å²) in [7, 11) is 0. The largest absolute Gasteiger partial charge is 0.490 e. The summed E-state index contributed by atoms with van der Waals surface area (Å²) in [5.41, 5.74) is 2.52. The zero-order valence-electron chi connectivity index (χ0n) is 23.4. The Labute approximate surface area is 236 Å². The Bertz CT molecular complexity index is 1250. The topological polar surface area (TPSA) is 27.7 Å². The number of benzene rings is 3. The van der Waals surface area contributed by atoms with Crippen LogP contribution in [0.5, 0.6) is 5.75 Å². The molecule has 0 aliphatic carbocycles. The SMILES string of the molecule is CC=CC1OCC(c2ccc(-c3ccc(-c4ccc(OCCCCCCCCC)c(F)c4F)cc3)c(F)c2)CO1. The summed E-state index contributed by atoms with van der Waals surface area (Å²) in [5, 5.41) is 0. The van der Waals surface area contributed by atoms with Crippen LogP contribution in [0.1, 0.15) is 70.3 Å². The molecule has 1 saturated heterocycles. The molecule has 6 heteroatoms. The van der Waals surface area contributed by atoms with Crippen molar-refractivity contribution in [1.82, 2.24) is 0 Å². The van der Waals surface area contributed by atoms with Crippen molar-refractivity contribution < 1.29 is 27.4 Å². The van der Waals surface area contributed by atoms with Gasteiger partial charge in [0.05, 0.1) is 19.8 Å². The minimum Gasteiger partial charge on any atom is -0.490 e. The molecule has 3 aromatic rings. The van der Waals surface area contributed by atoms with E-state index in [0.717, 1.165) is 24.8 Å². The molecule has 0 unspecified atom stereocenters. The van der Waals surface area contributed by atoms with Gasteiger partial charge in [-0.05, 0) is 54.3 Å². The van der Waals surface area contributed by atoms with Crippen molar-refractivity contribution in [3.63, 3.8) is 0 Å². The van der Waals surface area contributed by atoms with E-state index in [1.165, 1.54) is 43.9 Å². The van der Waals surface area contributed by atoms with Crippen LogP contribution in [0.2, 0.25) is 0 Å². The normalized spacial score (nSPS) is 17.4. The van der Waals surface area contributed by atoms with E-state index in [9.17, 15) is 8.78 Å². The monoisotopic (exact) mass is 552 g/mol. The molecule has 0 radical (unpaired) electrons. The molecule has 1 aliphatic heterocycles. The van der Waals surface area contributed by atoms with Crippen LogP contribution < -0.4 is 4.74 Å². The van der Waals surface area contributed by atoms with E-state index >= 15 is 4.39 Å². The molecular formula is C34H39F3O3. The lowest BCUT2D eigenvalue weighted by atomic mass is 9.95. The first-order chi connectivity index (χ1) is 19.5. The molecule has 4 rings (SSSR count). The van der Waals surface area contributed by atoms with Gasteiger partial charge in [0.15, 0.2) is 17.9 Å². The Morgan fingerprint density at radius 2 is 1.40 bits per heavy atom.